The van der Waals surface area contributed by atoms with E-state index in [1.165, 1.54) is 10.8 Å². The molecule has 1 aromatic heterocycles. The minimum Gasteiger partial charge on any atom is -0.340 e. The summed E-state index contributed by atoms with van der Waals surface area (Å²) < 4.78 is 0. The number of aromatic nitrogens is 2. The van der Waals surface area contributed by atoms with Crippen molar-refractivity contribution in [3.05, 3.63) is 54.5 Å². The van der Waals surface area contributed by atoms with Gasteiger partial charge in [-0.3, -0.25) is 14.5 Å². The number of fused-ring (bicyclic) bond motifs is 1. The zero-order valence-electron chi connectivity index (χ0n) is 22.2. The second-order valence-corrected chi connectivity index (χ2v) is 10.7. The average Bonchev–Trinajstić information content (AvgIpc) is 3.43. The number of piperazine rings is 1. The third-order valence-corrected chi connectivity index (χ3v) is 8.11. The molecule has 3 heterocycles. The van der Waals surface area contributed by atoms with Gasteiger partial charge in [0.2, 0.25) is 5.91 Å². The molecule has 196 valence electrons. The van der Waals surface area contributed by atoms with Crippen LogP contribution in [0.1, 0.15) is 50.9 Å². The van der Waals surface area contributed by atoms with Crippen LogP contribution in [0.15, 0.2) is 48.7 Å². The topological polar surface area (TPSA) is 72.5 Å². The number of likely N-dealkylation sites (tertiary alicyclic amines) is 1. The molecule has 2 aliphatic rings. The Hall–Kier alpha value is -3.03. The second kappa shape index (κ2) is 11.6. The molecule has 0 aliphatic carbocycles. The van der Waals surface area contributed by atoms with Crippen molar-refractivity contribution >= 4 is 22.5 Å². The molecule has 0 radical (unpaired) electrons. The Morgan fingerprint density at radius 2 is 1.81 bits per heavy atom. The van der Waals surface area contributed by atoms with Crippen LogP contribution in [0, 0.1) is 5.92 Å². The molecule has 37 heavy (non-hydrogen) atoms. The summed E-state index contributed by atoms with van der Waals surface area (Å²) in [6.07, 6.45) is 5.83. The van der Waals surface area contributed by atoms with E-state index in [1.54, 1.807) is 0 Å². The van der Waals surface area contributed by atoms with E-state index in [9.17, 15) is 9.59 Å². The fourth-order valence-corrected chi connectivity index (χ4v) is 5.72. The maximum Gasteiger partial charge on any atom is 0.226 e. The highest BCUT2D eigenvalue weighted by Gasteiger charge is 2.37. The van der Waals surface area contributed by atoms with Crippen molar-refractivity contribution in [2.24, 2.45) is 5.92 Å². The van der Waals surface area contributed by atoms with Gasteiger partial charge in [0.05, 0.1) is 11.9 Å². The Morgan fingerprint density at radius 3 is 2.59 bits per heavy atom. The SMILES string of the molecule is CCC(=O)CCCN1CCN(C(=O)C2CCN(C)CC2)C(c2ncc(-c3ccc4ccccc4c3)[nH]2)C1. The van der Waals surface area contributed by atoms with E-state index in [0.29, 0.717) is 25.2 Å². The van der Waals surface area contributed by atoms with E-state index in [4.69, 9.17) is 4.98 Å². The summed E-state index contributed by atoms with van der Waals surface area (Å²) >= 11 is 0. The number of carbonyl (C=O) groups is 2. The standard InChI is InChI=1S/C30H39N5O2/c1-3-26(36)9-6-14-34-17-18-35(30(37)23-12-15-33(2)16-13-23)28(21-34)29-31-20-27(32-29)25-11-10-22-7-4-5-8-24(22)19-25/h4-5,7-8,10-11,19-20,23,28H,3,6,9,12-18,21H2,1-2H3,(H,31,32). The van der Waals surface area contributed by atoms with Gasteiger partial charge in [-0.05, 0) is 62.8 Å². The molecule has 3 aromatic rings. The van der Waals surface area contributed by atoms with Crippen molar-refractivity contribution in [2.75, 3.05) is 46.3 Å². The Kier molecular flexibility index (Phi) is 8.01. The molecular weight excluding hydrogens is 462 g/mol. The molecule has 0 spiro atoms. The summed E-state index contributed by atoms with van der Waals surface area (Å²) in [6.45, 7) is 7.02. The molecular formula is C30H39N5O2. The molecule has 2 aliphatic heterocycles. The molecule has 1 N–H and O–H groups in total. The number of nitrogens with one attached hydrogen (secondary N) is 1. The van der Waals surface area contributed by atoms with Crippen molar-refractivity contribution in [2.45, 2.75) is 45.1 Å². The largest absolute Gasteiger partial charge is 0.340 e. The summed E-state index contributed by atoms with van der Waals surface area (Å²) in [5.41, 5.74) is 2.06. The summed E-state index contributed by atoms with van der Waals surface area (Å²) in [5.74, 6) is 1.52. The number of carbonyl (C=O) groups excluding carboxylic acids is 2. The predicted octanol–water partition coefficient (Wildman–Crippen LogP) is 4.52. The minimum absolute atomic E-state index is 0.0855. The predicted molar refractivity (Wildman–Crippen MR) is 147 cm³/mol. The summed E-state index contributed by atoms with van der Waals surface area (Å²) in [4.78, 5) is 40.7. The third kappa shape index (κ3) is 5.94. The summed E-state index contributed by atoms with van der Waals surface area (Å²) in [6, 6.07) is 14.7. The van der Waals surface area contributed by atoms with Crippen LogP contribution >= 0.6 is 0 Å². The summed E-state index contributed by atoms with van der Waals surface area (Å²) in [5, 5.41) is 2.41. The quantitative estimate of drug-likeness (QED) is 0.492. The van der Waals surface area contributed by atoms with E-state index in [-0.39, 0.29) is 17.9 Å². The van der Waals surface area contributed by atoms with Gasteiger partial charge in [0.15, 0.2) is 0 Å². The number of hydrogen-bond acceptors (Lipinski definition) is 5. The number of benzene rings is 2. The third-order valence-electron chi connectivity index (χ3n) is 8.11. The van der Waals surface area contributed by atoms with Gasteiger partial charge in [-0.15, -0.1) is 0 Å². The van der Waals surface area contributed by atoms with Crippen molar-refractivity contribution in [3.8, 4) is 11.3 Å². The lowest BCUT2D eigenvalue weighted by Gasteiger charge is -2.43. The van der Waals surface area contributed by atoms with Crippen molar-refractivity contribution < 1.29 is 9.59 Å². The lowest BCUT2D eigenvalue weighted by molar-refractivity contribution is -0.142. The summed E-state index contributed by atoms with van der Waals surface area (Å²) in [7, 11) is 2.13. The molecule has 7 nitrogen and oxygen atoms in total. The molecule has 0 bridgehead atoms. The second-order valence-electron chi connectivity index (χ2n) is 10.7. The van der Waals surface area contributed by atoms with Gasteiger partial charge in [0.25, 0.3) is 0 Å². The number of aromatic amines is 1. The van der Waals surface area contributed by atoms with Crippen LogP contribution in [-0.2, 0) is 9.59 Å². The van der Waals surface area contributed by atoms with Gasteiger partial charge in [0, 0.05) is 44.0 Å². The number of nitrogens with zero attached hydrogens (tertiary/aromatic N) is 4. The highest BCUT2D eigenvalue weighted by molar-refractivity contribution is 5.86. The van der Waals surface area contributed by atoms with Gasteiger partial charge in [-0.2, -0.15) is 0 Å². The highest BCUT2D eigenvalue weighted by atomic mass is 16.2. The molecule has 2 aromatic carbocycles. The molecule has 0 saturated carbocycles. The minimum atomic E-state index is -0.114. The fourth-order valence-electron chi connectivity index (χ4n) is 5.72. The van der Waals surface area contributed by atoms with E-state index < -0.39 is 0 Å². The van der Waals surface area contributed by atoms with Crippen LogP contribution in [0.5, 0.6) is 0 Å². The molecule has 1 unspecified atom stereocenters. The van der Waals surface area contributed by atoms with Crippen LogP contribution in [0.3, 0.4) is 0 Å². The maximum atomic E-state index is 13.7. The molecule has 1 atom stereocenters. The number of ketones is 1. The number of hydrogen-bond donors (Lipinski definition) is 1. The van der Waals surface area contributed by atoms with Crippen LogP contribution in [-0.4, -0.2) is 82.7 Å². The zero-order chi connectivity index (χ0) is 25.8. The van der Waals surface area contributed by atoms with Crippen LogP contribution < -0.4 is 0 Å². The van der Waals surface area contributed by atoms with E-state index in [2.05, 4.69) is 69.2 Å². The Morgan fingerprint density at radius 1 is 1.03 bits per heavy atom. The molecule has 5 rings (SSSR count). The van der Waals surface area contributed by atoms with Crippen molar-refractivity contribution in [3.63, 3.8) is 0 Å². The average molecular weight is 502 g/mol. The molecule has 2 saturated heterocycles. The molecule has 1 amide bonds. The first-order chi connectivity index (χ1) is 18.0. The van der Waals surface area contributed by atoms with Gasteiger partial charge in [0.1, 0.15) is 17.6 Å². The first-order valence-corrected chi connectivity index (χ1v) is 13.8. The van der Waals surface area contributed by atoms with Gasteiger partial charge < -0.3 is 14.8 Å². The molecule has 7 heteroatoms. The van der Waals surface area contributed by atoms with E-state index in [0.717, 1.165) is 69.1 Å². The normalized spacial score (nSPS) is 19.9. The Labute approximate surface area is 219 Å². The van der Waals surface area contributed by atoms with Crippen LogP contribution in [0.4, 0.5) is 0 Å². The lowest BCUT2D eigenvalue weighted by Crippen LogP contribution is -2.53. The van der Waals surface area contributed by atoms with E-state index >= 15 is 0 Å². The molecule has 2 fully saturated rings. The maximum absolute atomic E-state index is 13.7. The fraction of sp³-hybridized carbons (Fsp3) is 0.500. The van der Waals surface area contributed by atoms with E-state index in [1.807, 2.05) is 13.1 Å². The number of Topliss-reactive ketones (excluding diaryl/α,β-unsaturated/α-hetero) is 1. The Bertz CT molecular complexity index is 1230. The first-order valence-electron chi connectivity index (χ1n) is 13.8. The van der Waals surface area contributed by atoms with Gasteiger partial charge in [-0.25, -0.2) is 4.98 Å². The number of H-pyrrole nitrogens is 1. The highest BCUT2D eigenvalue weighted by Crippen LogP contribution is 2.30. The Balaban J connectivity index is 1.36. The number of rotatable bonds is 8. The monoisotopic (exact) mass is 501 g/mol. The van der Waals surface area contributed by atoms with Crippen LogP contribution in [0.25, 0.3) is 22.0 Å². The van der Waals surface area contributed by atoms with Crippen molar-refractivity contribution in [1.82, 2.24) is 24.7 Å². The van der Waals surface area contributed by atoms with Gasteiger partial charge in [-0.1, -0.05) is 43.3 Å². The van der Waals surface area contributed by atoms with Crippen LogP contribution in [0.2, 0.25) is 0 Å². The zero-order valence-corrected chi connectivity index (χ0v) is 22.2. The van der Waals surface area contributed by atoms with Gasteiger partial charge >= 0.3 is 0 Å². The lowest BCUT2D eigenvalue weighted by atomic mass is 9.94. The smallest absolute Gasteiger partial charge is 0.226 e. The number of piperidine rings is 1. The van der Waals surface area contributed by atoms with Crippen molar-refractivity contribution in [1.29, 1.82) is 0 Å². The number of imidazole rings is 1. The first kappa shape index (κ1) is 25.6. The number of amides is 1.